The monoisotopic (exact) mass is 435 g/mol. The fourth-order valence-corrected chi connectivity index (χ4v) is 5.02. The predicted molar refractivity (Wildman–Crippen MR) is 134 cm³/mol. The number of benzene rings is 2. The van der Waals surface area contributed by atoms with E-state index in [1.165, 1.54) is 18.4 Å². The molecule has 0 amide bonds. The fourth-order valence-electron chi connectivity index (χ4n) is 4.19. The Balaban J connectivity index is 1.21. The van der Waals surface area contributed by atoms with Crippen molar-refractivity contribution in [2.75, 3.05) is 36.6 Å². The molecular weight excluding hydrogens is 402 g/mol. The van der Waals surface area contributed by atoms with Gasteiger partial charge in [0.15, 0.2) is 0 Å². The van der Waals surface area contributed by atoms with Crippen LogP contribution in [0.15, 0.2) is 54.6 Å². The van der Waals surface area contributed by atoms with E-state index in [0.29, 0.717) is 12.1 Å². The molecule has 0 aliphatic heterocycles. The van der Waals surface area contributed by atoms with Crippen molar-refractivity contribution < 1.29 is 0 Å². The summed E-state index contributed by atoms with van der Waals surface area (Å²) in [6, 6.07) is 20.0. The quantitative estimate of drug-likeness (QED) is 0.464. The third-order valence-electron chi connectivity index (χ3n) is 5.86. The molecule has 2 N–H and O–H groups in total. The molecule has 5 nitrogen and oxygen atoms in total. The Morgan fingerprint density at radius 3 is 2.39 bits per heavy atom. The van der Waals surface area contributed by atoms with Gasteiger partial charge in [-0.1, -0.05) is 42.5 Å². The van der Waals surface area contributed by atoms with Crippen LogP contribution in [0.1, 0.15) is 31.2 Å². The average Bonchev–Trinajstić information content (AvgIpc) is 2.80. The van der Waals surface area contributed by atoms with Crippen LogP contribution in [0.3, 0.4) is 0 Å². The van der Waals surface area contributed by atoms with E-state index in [4.69, 9.17) is 9.97 Å². The van der Waals surface area contributed by atoms with Crippen LogP contribution in [-0.4, -0.2) is 48.4 Å². The van der Waals surface area contributed by atoms with Gasteiger partial charge in [-0.3, -0.25) is 0 Å². The molecule has 0 bridgehead atoms. The van der Waals surface area contributed by atoms with Gasteiger partial charge in [-0.25, -0.2) is 4.98 Å². The minimum atomic E-state index is 0.446. The molecule has 164 valence electrons. The summed E-state index contributed by atoms with van der Waals surface area (Å²) in [5, 5.41) is 8.45. The molecule has 1 aliphatic carbocycles. The highest BCUT2D eigenvalue weighted by Gasteiger charge is 2.21. The maximum Gasteiger partial charge on any atom is 0.225 e. The first kappa shape index (κ1) is 21.9. The van der Waals surface area contributed by atoms with Gasteiger partial charge in [0.25, 0.3) is 0 Å². The Hall–Kier alpha value is -2.31. The van der Waals surface area contributed by atoms with E-state index in [9.17, 15) is 0 Å². The lowest BCUT2D eigenvalue weighted by molar-refractivity contribution is 0.359. The molecule has 1 aromatic heterocycles. The lowest BCUT2D eigenvalue weighted by Gasteiger charge is -2.30. The van der Waals surface area contributed by atoms with Gasteiger partial charge >= 0.3 is 0 Å². The summed E-state index contributed by atoms with van der Waals surface area (Å²) in [7, 11) is 4.07. The number of nitrogens with zero attached hydrogens (tertiary/aromatic N) is 3. The minimum Gasteiger partial charge on any atom is -0.362 e. The lowest BCUT2D eigenvalue weighted by atomic mass is 9.91. The number of rotatable bonds is 9. The van der Waals surface area contributed by atoms with Gasteiger partial charge in [0, 0.05) is 49.6 Å². The molecular formula is C25H33N5S. The number of aromatic nitrogens is 2. The summed E-state index contributed by atoms with van der Waals surface area (Å²) in [4.78, 5) is 11.6. The summed E-state index contributed by atoms with van der Waals surface area (Å²) in [6.45, 7) is 1.08. The third-order valence-corrected chi connectivity index (χ3v) is 6.89. The molecule has 0 saturated heterocycles. The Bertz CT molecular complexity index is 955. The van der Waals surface area contributed by atoms with Crippen molar-refractivity contribution >= 4 is 34.4 Å². The molecule has 1 heterocycles. The van der Waals surface area contributed by atoms with Crippen molar-refractivity contribution in [3.63, 3.8) is 0 Å². The Kier molecular flexibility index (Phi) is 7.65. The molecule has 0 radical (unpaired) electrons. The molecule has 0 atom stereocenters. The number of nitrogens with one attached hydrogen (secondary N) is 2. The molecule has 0 spiro atoms. The summed E-state index contributed by atoms with van der Waals surface area (Å²) in [6.07, 6.45) is 4.72. The van der Waals surface area contributed by atoms with E-state index >= 15 is 0 Å². The Morgan fingerprint density at radius 1 is 0.903 bits per heavy atom. The summed E-state index contributed by atoms with van der Waals surface area (Å²) < 4.78 is 0. The van der Waals surface area contributed by atoms with Crippen LogP contribution in [0, 0.1) is 0 Å². The number of hydrogen-bond acceptors (Lipinski definition) is 6. The van der Waals surface area contributed by atoms with Gasteiger partial charge in [-0.15, -0.1) is 0 Å². The molecule has 31 heavy (non-hydrogen) atoms. The predicted octanol–water partition coefficient (Wildman–Crippen LogP) is 4.94. The molecule has 6 heteroatoms. The lowest BCUT2D eigenvalue weighted by Crippen LogP contribution is -2.38. The Labute approximate surface area is 190 Å². The van der Waals surface area contributed by atoms with E-state index in [0.717, 1.165) is 53.6 Å². The molecule has 3 aromatic rings. The number of fused-ring (bicyclic) bond motifs is 1. The van der Waals surface area contributed by atoms with E-state index in [2.05, 4.69) is 58.0 Å². The minimum absolute atomic E-state index is 0.446. The highest BCUT2D eigenvalue weighted by molar-refractivity contribution is 7.98. The summed E-state index contributed by atoms with van der Waals surface area (Å²) >= 11 is 2.01. The van der Waals surface area contributed by atoms with Crippen LogP contribution in [0.4, 0.5) is 11.8 Å². The summed E-state index contributed by atoms with van der Waals surface area (Å²) in [5.41, 5.74) is 2.40. The first-order valence-electron chi connectivity index (χ1n) is 11.2. The number of para-hydroxylation sites is 1. The van der Waals surface area contributed by atoms with Gasteiger partial charge in [0.2, 0.25) is 5.95 Å². The SMILES string of the molecule is CN(C)c1nc(NC2CCC(NCCSCc3ccccc3)CC2)nc2ccccc12. The van der Waals surface area contributed by atoms with Crippen LogP contribution in [0.25, 0.3) is 10.9 Å². The maximum atomic E-state index is 4.79. The smallest absolute Gasteiger partial charge is 0.225 e. The second-order valence-electron chi connectivity index (χ2n) is 8.47. The van der Waals surface area contributed by atoms with Crippen LogP contribution in [0.5, 0.6) is 0 Å². The zero-order valence-corrected chi connectivity index (χ0v) is 19.4. The fraction of sp³-hybridized carbons (Fsp3) is 0.440. The zero-order valence-electron chi connectivity index (χ0n) is 18.6. The molecule has 1 aliphatic rings. The molecule has 4 rings (SSSR count). The maximum absolute atomic E-state index is 4.79. The van der Waals surface area contributed by atoms with Gasteiger partial charge in [-0.05, 0) is 43.4 Å². The first-order chi connectivity index (χ1) is 15.2. The van der Waals surface area contributed by atoms with Crippen LogP contribution >= 0.6 is 11.8 Å². The molecule has 1 saturated carbocycles. The van der Waals surface area contributed by atoms with E-state index in [1.807, 2.05) is 38.0 Å². The average molecular weight is 436 g/mol. The van der Waals surface area contributed by atoms with Crippen molar-refractivity contribution in [3.8, 4) is 0 Å². The number of hydrogen-bond donors (Lipinski definition) is 2. The summed E-state index contributed by atoms with van der Waals surface area (Å²) in [5.74, 6) is 3.97. The highest BCUT2D eigenvalue weighted by Crippen LogP contribution is 2.26. The molecule has 2 aromatic carbocycles. The third kappa shape index (κ3) is 6.11. The first-order valence-corrected chi connectivity index (χ1v) is 12.4. The van der Waals surface area contributed by atoms with Gasteiger partial charge in [0.05, 0.1) is 5.52 Å². The van der Waals surface area contributed by atoms with Gasteiger partial charge in [0.1, 0.15) is 5.82 Å². The second-order valence-corrected chi connectivity index (χ2v) is 9.57. The highest BCUT2D eigenvalue weighted by atomic mass is 32.2. The van der Waals surface area contributed by atoms with Crippen molar-refractivity contribution in [3.05, 3.63) is 60.2 Å². The van der Waals surface area contributed by atoms with E-state index in [-0.39, 0.29) is 0 Å². The van der Waals surface area contributed by atoms with E-state index in [1.54, 1.807) is 0 Å². The van der Waals surface area contributed by atoms with Crippen LogP contribution in [-0.2, 0) is 5.75 Å². The second kappa shape index (κ2) is 10.8. The number of anilines is 2. The molecule has 1 fully saturated rings. The van der Waals surface area contributed by atoms with Crippen molar-refractivity contribution in [2.24, 2.45) is 0 Å². The zero-order chi connectivity index (χ0) is 21.5. The Morgan fingerprint density at radius 2 is 1.61 bits per heavy atom. The van der Waals surface area contributed by atoms with Gasteiger partial charge in [-0.2, -0.15) is 16.7 Å². The van der Waals surface area contributed by atoms with Crippen LogP contribution in [0.2, 0.25) is 0 Å². The van der Waals surface area contributed by atoms with Crippen molar-refractivity contribution in [1.82, 2.24) is 15.3 Å². The molecule has 0 unspecified atom stereocenters. The van der Waals surface area contributed by atoms with Crippen molar-refractivity contribution in [1.29, 1.82) is 0 Å². The van der Waals surface area contributed by atoms with Crippen LogP contribution < -0.4 is 15.5 Å². The normalized spacial score (nSPS) is 18.8. The standard InChI is InChI=1S/C25H33N5S/c1-30(2)24-22-10-6-7-11-23(22)28-25(29-24)27-21-14-12-20(13-15-21)26-16-17-31-18-19-8-4-3-5-9-19/h3-11,20-21,26H,12-18H2,1-2H3,(H,27,28,29). The topological polar surface area (TPSA) is 53.1 Å². The largest absolute Gasteiger partial charge is 0.362 e. The van der Waals surface area contributed by atoms with Crippen molar-refractivity contribution in [2.45, 2.75) is 43.5 Å². The van der Waals surface area contributed by atoms with E-state index < -0.39 is 0 Å². The van der Waals surface area contributed by atoms with Gasteiger partial charge < -0.3 is 15.5 Å². The number of thioether (sulfide) groups is 1.